The lowest BCUT2D eigenvalue weighted by atomic mass is 9.82. The Morgan fingerprint density at radius 3 is 2.38 bits per heavy atom. The average molecular weight is 372 g/mol. The van der Waals surface area contributed by atoms with Gasteiger partial charge in [0.05, 0.1) is 5.02 Å². The van der Waals surface area contributed by atoms with Crippen LogP contribution in [0.5, 0.6) is 0 Å². The Labute approximate surface area is 149 Å². The molecule has 1 aromatic heterocycles. The highest BCUT2D eigenvalue weighted by molar-refractivity contribution is 7.10. The zero-order valence-corrected chi connectivity index (χ0v) is 15.4. The van der Waals surface area contributed by atoms with E-state index < -0.39 is 0 Å². The number of thiophene rings is 1. The molecular weight excluding hydrogens is 347 g/mol. The third kappa shape index (κ3) is 4.73. The molecule has 0 amide bonds. The molecule has 3 rings (SSSR count). The van der Waals surface area contributed by atoms with Gasteiger partial charge in [0.15, 0.2) is 0 Å². The molecule has 1 saturated heterocycles. The van der Waals surface area contributed by atoms with Gasteiger partial charge < -0.3 is 5.32 Å². The van der Waals surface area contributed by atoms with Crippen LogP contribution in [0.3, 0.4) is 0 Å². The van der Waals surface area contributed by atoms with Crippen LogP contribution in [0.4, 0.5) is 0 Å². The van der Waals surface area contributed by atoms with Crippen molar-refractivity contribution in [2.45, 2.75) is 38.1 Å². The molecule has 1 aliphatic heterocycles. The smallest absolute Gasteiger partial charge is 0.0561 e. The molecule has 1 N–H and O–H groups in total. The highest BCUT2D eigenvalue weighted by atomic mass is 35.5. The standard InChI is InChI=1S/C15H23ClN2S.2ClH/c16-13-6-11-19-15(13)14(12-4-2-1-3-5-12)18-9-7-17-8-10-18;;/h6,11-12,14,17H,1-5,7-10H2;2*1H/t14-;;/m1../s1. The molecule has 1 aliphatic carbocycles. The summed E-state index contributed by atoms with van der Waals surface area (Å²) in [5.74, 6) is 0.808. The summed E-state index contributed by atoms with van der Waals surface area (Å²) in [6, 6.07) is 2.63. The minimum Gasteiger partial charge on any atom is -0.314 e. The zero-order chi connectivity index (χ0) is 13.1. The number of rotatable bonds is 3. The van der Waals surface area contributed by atoms with Crippen molar-refractivity contribution in [3.05, 3.63) is 21.3 Å². The second-order valence-corrected chi connectivity index (χ2v) is 7.12. The Balaban J connectivity index is 0.00000110. The highest BCUT2D eigenvalue weighted by Crippen LogP contribution is 2.43. The van der Waals surface area contributed by atoms with E-state index >= 15 is 0 Å². The molecule has 122 valence electrons. The van der Waals surface area contributed by atoms with E-state index in [0.717, 1.165) is 37.1 Å². The largest absolute Gasteiger partial charge is 0.314 e. The van der Waals surface area contributed by atoms with E-state index in [4.69, 9.17) is 11.6 Å². The Morgan fingerprint density at radius 1 is 1.14 bits per heavy atom. The predicted octanol–water partition coefficient (Wildman–Crippen LogP) is 4.77. The van der Waals surface area contributed by atoms with Crippen molar-refractivity contribution in [1.29, 1.82) is 0 Å². The monoisotopic (exact) mass is 370 g/mol. The van der Waals surface area contributed by atoms with Gasteiger partial charge >= 0.3 is 0 Å². The van der Waals surface area contributed by atoms with Crippen LogP contribution in [0.15, 0.2) is 11.4 Å². The first kappa shape index (κ1) is 19.5. The summed E-state index contributed by atoms with van der Waals surface area (Å²) < 4.78 is 0. The fraction of sp³-hybridized carbons (Fsp3) is 0.733. The molecular formula is C15H25Cl3N2S. The second-order valence-electron chi connectivity index (χ2n) is 5.76. The van der Waals surface area contributed by atoms with E-state index in [1.54, 1.807) is 0 Å². The van der Waals surface area contributed by atoms with Crippen molar-refractivity contribution in [2.24, 2.45) is 5.92 Å². The maximum Gasteiger partial charge on any atom is 0.0561 e. The Hall–Kier alpha value is 0.490. The van der Waals surface area contributed by atoms with Crippen molar-refractivity contribution < 1.29 is 0 Å². The van der Waals surface area contributed by atoms with Gasteiger partial charge in [-0.15, -0.1) is 36.2 Å². The summed E-state index contributed by atoms with van der Waals surface area (Å²) >= 11 is 8.29. The maximum atomic E-state index is 6.44. The van der Waals surface area contributed by atoms with Crippen molar-refractivity contribution in [1.82, 2.24) is 10.2 Å². The molecule has 0 spiro atoms. The molecule has 21 heavy (non-hydrogen) atoms. The molecule has 1 saturated carbocycles. The minimum atomic E-state index is 0. The number of hydrogen-bond acceptors (Lipinski definition) is 3. The van der Waals surface area contributed by atoms with Crippen LogP contribution in [0.25, 0.3) is 0 Å². The van der Waals surface area contributed by atoms with Crippen LogP contribution in [0.2, 0.25) is 5.02 Å². The highest BCUT2D eigenvalue weighted by Gasteiger charge is 2.32. The number of halogens is 3. The van der Waals surface area contributed by atoms with Crippen LogP contribution < -0.4 is 5.32 Å². The van der Waals surface area contributed by atoms with Crippen LogP contribution in [-0.4, -0.2) is 31.1 Å². The van der Waals surface area contributed by atoms with Gasteiger partial charge in [0, 0.05) is 37.1 Å². The molecule has 1 aromatic rings. The van der Waals surface area contributed by atoms with Gasteiger partial charge in [-0.05, 0) is 30.2 Å². The SMILES string of the molecule is Cl.Cl.Clc1ccsc1[C@@H](C1CCCCC1)N1CCNCC1. The normalized spacial score (nSPS) is 22.1. The quantitative estimate of drug-likeness (QED) is 0.823. The summed E-state index contributed by atoms with van der Waals surface area (Å²) in [4.78, 5) is 4.08. The molecule has 2 heterocycles. The molecule has 2 fully saturated rings. The first-order valence-electron chi connectivity index (χ1n) is 7.54. The number of nitrogens with one attached hydrogen (secondary N) is 1. The molecule has 2 nitrogen and oxygen atoms in total. The Kier molecular flexibility index (Phi) is 8.92. The van der Waals surface area contributed by atoms with Crippen molar-refractivity contribution in [3.63, 3.8) is 0 Å². The van der Waals surface area contributed by atoms with Gasteiger partial charge in [0.25, 0.3) is 0 Å². The fourth-order valence-corrected chi connectivity index (χ4v) is 5.00. The van der Waals surface area contributed by atoms with Crippen molar-refractivity contribution in [2.75, 3.05) is 26.2 Å². The molecule has 0 bridgehead atoms. The third-order valence-corrected chi connectivity index (χ3v) is 5.98. The number of nitrogens with zero attached hydrogens (tertiary/aromatic N) is 1. The lowest BCUT2D eigenvalue weighted by molar-refractivity contribution is 0.106. The minimum absolute atomic E-state index is 0. The van der Waals surface area contributed by atoms with E-state index in [1.165, 1.54) is 37.0 Å². The first-order valence-corrected chi connectivity index (χ1v) is 8.79. The molecule has 0 aromatic carbocycles. The first-order chi connectivity index (χ1) is 9.36. The lowest BCUT2D eigenvalue weighted by Gasteiger charge is -2.40. The molecule has 2 aliphatic rings. The number of hydrogen-bond donors (Lipinski definition) is 1. The van der Waals surface area contributed by atoms with Crippen LogP contribution in [-0.2, 0) is 0 Å². The van der Waals surface area contributed by atoms with Crippen molar-refractivity contribution >= 4 is 47.8 Å². The maximum absolute atomic E-state index is 6.44. The molecule has 6 heteroatoms. The predicted molar refractivity (Wildman–Crippen MR) is 97.6 cm³/mol. The van der Waals surface area contributed by atoms with Gasteiger partial charge in [0.1, 0.15) is 0 Å². The van der Waals surface area contributed by atoms with Crippen LogP contribution >= 0.6 is 47.8 Å². The lowest BCUT2D eigenvalue weighted by Crippen LogP contribution is -2.47. The second kappa shape index (κ2) is 9.59. The number of piperazine rings is 1. The van der Waals surface area contributed by atoms with Gasteiger partial charge in [-0.1, -0.05) is 30.9 Å². The molecule has 0 radical (unpaired) electrons. The van der Waals surface area contributed by atoms with E-state index in [2.05, 4.69) is 21.7 Å². The summed E-state index contributed by atoms with van der Waals surface area (Å²) in [5, 5.41) is 6.59. The van der Waals surface area contributed by atoms with Crippen molar-refractivity contribution in [3.8, 4) is 0 Å². The third-order valence-electron chi connectivity index (χ3n) is 4.55. The average Bonchev–Trinajstić information content (AvgIpc) is 2.88. The topological polar surface area (TPSA) is 15.3 Å². The molecule has 0 unspecified atom stereocenters. The van der Waals surface area contributed by atoms with E-state index in [0.29, 0.717) is 6.04 Å². The summed E-state index contributed by atoms with van der Waals surface area (Å²) in [6.07, 6.45) is 6.97. The fourth-order valence-electron chi connectivity index (χ4n) is 3.60. The van der Waals surface area contributed by atoms with Gasteiger partial charge in [-0.2, -0.15) is 0 Å². The van der Waals surface area contributed by atoms with Gasteiger partial charge in [-0.25, -0.2) is 0 Å². The Bertz CT molecular complexity index is 383. The van der Waals surface area contributed by atoms with E-state index in [9.17, 15) is 0 Å². The van der Waals surface area contributed by atoms with Crippen LogP contribution in [0, 0.1) is 5.92 Å². The summed E-state index contributed by atoms with van der Waals surface area (Å²) in [5.41, 5.74) is 0. The van der Waals surface area contributed by atoms with E-state index in [-0.39, 0.29) is 24.8 Å². The molecule has 1 atom stereocenters. The summed E-state index contributed by atoms with van der Waals surface area (Å²) in [7, 11) is 0. The summed E-state index contributed by atoms with van der Waals surface area (Å²) in [6.45, 7) is 4.56. The van der Waals surface area contributed by atoms with Gasteiger partial charge in [-0.3, -0.25) is 4.90 Å². The van der Waals surface area contributed by atoms with E-state index in [1.807, 2.05) is 11.3 Å². The van der Waals surface area contributed by atoms with Crippen LogP contribution in [0.1, 0.15) is 43.0 Å². The zero-order valence-electron chi connectivity index (χ0n) is 12.2. The van der Waals surface area contributed by atoms with Gasteiger partial charge in [0.2, 0.25) is 0 Å². The Morgan fingerprint density at radius 2 is 1.81 bits per heavy atom.